The largest absolute Gasteiger partial charge is 0.493 e. The van der Waals surface area contributed by atoms with Crippen LogP contribution >= 0.6 is 11.6 Å². The first kappa shape index (κ1) is 31.6. The quantitative estimate of drug-likeness (QED) is 0.255. The van der Waals surface area contributed by atoms with Crippen LogP contribution in [-0.4, -0.2) is 55.0 Å². The predicted octanol–water partition coefficient (Wildman–Crippen LogP) is 4.72. The highest BCUT2D eigenvalue weighted by molar-refractivity contribution is 6.30. The molecular formula is C27H34ClFN2O8. The number of hydrogen-bond acceptors (Lipinski definition) is 9. The van der Waals surface area contributed by atoms with Gasteiger partial charge in [0.25, 0.3) is 5.91 Å². The van der Waals surface area contributed by atoms with E-state index < -0.39 is 48.7 Å². The average molecular weight is 569 g/mol. The first-order chi connectivity index (χ1) is 18.5. The molecule has 1 aromatic carbocycles. The molecule has 2 rings (SSSR count). The van der Waals surface area contributed by atoms with E-state index in [1.807, 2.05) is 13.8 Å². The van der Waals surface area contributed by atoms with Crippen molar-refractivity contribution in [1.82, 2.24) is 10.3 Å². The number of aromatic nitrogens is 1. The van der Waals surface area contributed by atoms with Gasteiger partial charge in [-0.1, -0.05) is 25.4 Å². The van der Waals surface area contributed by atoms with Gasteiger partial charge in [0.2, 0.25) is 6.79 Å². The minimum absolute atomic E-state index is 0.0161. The van der Waals surface area contributed by atoms with Crippen LogP contribution in [0, 0.1) is 11.7 Å². The van der Waals surface area contributed by atoms with Gasteiger partial charge in [0.1, 0.15) is 29.8 Å². The zero-order chi connectivity index (χ0) is 29.1. The zero-order valence-electron chi connectivity index (χ0n) is 22.8. The molecule has 0 radical (unpaired) electrons. The van der Waals surface area contributed by atoms with Crippen molar-refractivity contribution in [3.05, 3.63) is 47.0 Å². The van der Waals surface area contributed by atoms with Crippen LogP contribution in [0.4, 0.5) is 4.39 Å². The number of carbonyl (C=O) groups excluding carboxylic acids is 3. The van der Waals surface area contributed by atoms with Gasteiger partial charge in [0, 0.05) is 30.3 Å². The van der Waals surface area contributed by atoms with Crippen LogP contribution in [-0.2, 0) is 19.1 Å². The lowest BCUT2D eigenvalue weighted by Gasteiger charge is -2.31. The van der Waals surface area contributed by atoms with E-state index in [1.165, 1.54) is 51.4 Å². The predicted molar refractivity (Wildman–Crippen MR) is 140 cm³/mol. The highest BCUT2D eigenvalue weighted by atomic mass is 35.5. The third kappa shape index (κ3) is 9.27. The van der Waals surface area contributed by atoms with E-state index in [9.17, 15) is 18.8 Å². The van der Waals surface area contributed by atoms with Gasteiger partial charge in [-0.05, 0) is 44.7 Å². The molecule has 10 nitrogen and oxygen atoms in total. The van der Waals surface area contributed by atoms with Gasteiger partial charge in [-0.2, -0.15) is 0 Å². The summed E-state index contributed by atoms with van der Waals surface area (Å²) < 4.78 is 40.9. The summed E-state index contributed by atoms with van der Waals surface area (Å²) in [6.07, 6.45) is 1.41. The SMILES string of the molecule is CCC(CC)[C@H](Oc1cc(F)cc(Cl)c1)[C@H](C)OC(=O)[C@H](C)NC(=O)c1nccc(OC)c1OCOC(C)=O. The summed E-state index contributed by atoms with van der Waals surface area (Å²) in [6, 6.07) is 4.24. The molecule has 0 bridgehead atoms. The number of methoxy groups -OCH3 is 1. The fraction of sp³-hybridized carbons (Fsp3) is 0.481. The van der Waals surface area contributed by atoms with Crippen molar-refractivity contribution in [3.8, 4) is 17.2 Å². The molecule has 0 unspecified atom stereocenters. The summed E-state index contributed by atoms with van der Waals surface area (Å²) in [5.74, 6) is -2.29. The van der Waals surface area contributed by atoms with E-state index >= 15 is 0 Å². The molecule has 1 aromatic heterocycles. The van der Waals surface area contributed by atoms with Crippen LogP contribution in [0.5, 0.6) is 17.2 Å². The Bertz CT molecular complexity index is 1120. The molecule has 0 saturated heterocycles. The number of ether oxygens (including phenoxy) is 5. The van der Waals surface area contributed by atoms with Gasteiger partial charge in [-0.25, -0.2) is 14.2 Å². The average Bonchev–Trinajstić information content (AvgIpc) is 2.87. The number of hydrogen-bond donors (Lipinski definition) is 1. The Kier molecular flexibility index (Phi) is 12.2. The molecule has 0 saturated carbocycles. The number of nitrogens with zero attached hydrogens (tertiary/aromatic N) is 1. The molecule has 39 heavy (non-hydrogen) atoms. The van der Waals surface area contributed by atoms with Crippen LogP contribution in [0.15, 0.2) is 30.5 Å². The van der Waals surface area contributed by atoms with Crippen molar-refractivity contribution >= 4 is 29.4 Å². The van der Waals surface area contributed by atoms with Crippen LogP contribution in [0.2, 0.25) is 5.02 Å². The van der Waals surface area contributed by atoms with Crippen molar-refractivity contribution in [1.29, 1.82) is 0 Å². The van der Waals surface area contributed by atoms with Crippen LogP contribution in [0.25, 0.3) is 0 Å². The monoisotopic (exact) mass is 568 g/mol. The Labute approximate surface area is 232 Å². The number of carbonyl (C=O) groups is 3. The van der Waals surface area contributed by atoms with Gasteiger partial charge in [-0.3, -0.25) is 9.59 Å². The van der Waals surface area contributed by atoms with E-state index in [0.717, 1.165) is 12.8 Å². The molecule has 214 valence electrons. The van der Waals surface area contributed by atoms with E-state index in [1.54, 1.807) is 6.92 Å². The molecule has 0 spiro atoms. The molecule has 12 heteroatoms. The third-order valence-electron chi connectivity index (χ3n) is 5.86. The Morgan fingerprint density at radius 1 is 1.13 bits per heavy atom. The summed E-state index contributed by atoms with van der Waals surface area (Å²) >= 11 is 5.97. The lowest BCUT2D eigenvalue weighted by atomic mass is 9.93. The molecule has 1 N–H and O–H groups in total. The summed E-state index contributed by atoms with van der Waals surface area (Å²) in [5.41, 5.74) is -0.185. The van der Waals surface area contributed by atoms with Crippen molar-refractivity contribution in [3.63, 3.8) is 0 Å². The smallest absolute Gasteiger partial charge is 0.328 e. The molecule has 1 heterocycles. The van der Waals surface area contributed by atoms with E-state index in [2.05, 4.69) is 10.3 Å². The van der Waals surface area contributed by atoms with Crippen molar-refractivity contribution < 1.29 is 42.5 Å². The third-order valence-corrected chi connectivity index (χ3v) is 6.07. The number of amides is 1. The topological polar surface area (TPSA) is 122 Å². The minimum Gasteiger partial charge on any atom is -0.493 e. The van der Waals surface area contributed by atoms with Crippen LogP contribution in [0.1, 0.15) is 57.9 Å². The Morgan fingerprint density at radius 2 is 1.82 bits per heavy atom. The Morgan fingerprint density at radius 3 is 2.41 bits per heavy atom. The minimum atomic E-state index is -1.08. The number of rotatable bonds is 14. The van der Waals surface area contributed by atoms with Crippen molar-refractivity contribution in [2.24, 2.45) is 5.92 Å². The van der Waals surface area contributed by atoms with Gasteiger partial charge in [0.05, 0.1) is 7.11 Å². The summed E-state index contributed by atoms with van der Waals surface area (Å²) in [6.45, 7) is 7.80. The molecule has 0 aliphatic rings. The zero-order valence-corrected chi connectivity index (χ0v) is 23.5. The van der Waals surface area contributed by atoms with Gasteiger partial charge < -0.3 is 29.0 Å². The van der Waals surface area contributed by atoms with E-state index in [-0.39, 0.29) is 33.9 Å². The number of nitrogens with one attached hydrogen (secondary N) is 1. The maximum atomic E-state index is 13.9. The standard InChI is InChI=1S/C27H34ClFN2O8/c1-7-18(8-2)24(39-21-12-19(28)11-20(29)13-21)16(4)38-27(34)15(3)31-26(33)23-25(37-14-36-17(5)32)22(35-6)9-10-30-23/h9-13,15-16,18,24H,7-8,14H2,1-6H3,(H,31,33)/t15-,16-,24+/m0/s1. The number of halogens is 2. The first-order valence-electron chi connectivity index (χ1n) is 12.4. The fourth-order valence-electron chi connectivity index (χ4n) is 3.82. The number of esters is 2. The maximum absolute atomic E-state index is 13.9. The Hall–Kier alpha value is -3.60. The molecule has 3 atom stereocenters. The first-order valence-corrected chi connectivity index (χ1v) is 12.8. The van der Waals surface area contributed by atoms with E-state index in [4.69, 9.17) is 35.3 Å². The lowest BCUT2D eigenvalue weighted by molar-refractivity contribution is -0.156. The molecule has 0 fully saturated rings. The van der Waals surface area contributed by atoms with Crippen molar-refractivity contribution in [2.45, 2.75) is 65.7 Å². The maximum Gasteiger partial charge on any atom is 0.328 e. The van der Waals surface area contributed by atoms with Gasteiger partial charge in [-0.15, -0.1) is 0 Å². The second kappa shape index (κ2) is 15.1. The second-order valence-corrected chi connectivity index (χ2v) is 9.13. The summed E-state index contributed by atoms with van der Waals surface area (Å²) in [7, 11) is 1.37. The van der Waals surface area contributed by atoms with Gasteiger partial charge in [0.15, 0.2) is 17.2 Å². The summed E-state index contributed by atoms with van der Waals surface area (Å²) in [4.78, 5) is 41.0. The second-order valence-electron chi connectivity index (χ2n) is 8.69. The molecule has 2 aromatic rings. The van der Waals surface area contributed by atoms with Crippen molar-refractivity contribution in [2.75, 3.05) is 13.9 Å². The lowest BCUT2D eigenvalue weighted by Crippen LogP contribution is -2.45. The summed E-state index contributed by atoms with van der Waals surface area (Å²) in [5, 5.41) is 2.70. The molecule has 0 aliphatic heterocycles. The van der Waals surface area contributed by atoms with Gasteiger partial charge >= 0.3 is 11.9 Å². The molecule has 1 amide bonds. The highest BCUT2D eigenvalue weighted by Gasteiger charge is 2.32. The fourth-order valence-corrected chi connectivity index (χ4v) is 4.03. The Balaban J connectivity index is 2.15. The molecular weight excluding hydrogens is 535 g/mol. The van der Waals surface area contributed by atoms with Crippen LogP contribution in [0.3, 0.4) is 0 Å². The molecule has 0 aliphatic carbocycles. The van der Waals surface area contributed by atoms with Crippen LogP contribution < -0.4 is 19.5 Å². The number of pyridine rings is 1. The van der Waals surface area contributed by atoms with E-state index in [0.29, 0.717) is 0 Å². The normalized spacial score (nSPS) is 13.2. The number of benzene rings is 1. The highest BCUT2D eigenvalue weighted by Crippen LogP contribution is 2.30.